The van der Waals surface area contributed by atoms with Crippen molar-refractivity contribution in [2.24, 2.45) is 0 Å². The molecule has 1 atom stereocenters. The molecule has 2 rings (SSSR count). The summed E-state index contributed by atoms with van der Waals surface area (Å²) in [5.74, 6) is -2.25. The molecule has 2 aromatic rings. The van der Waals surface area contributed by atoms with Gasteiger partial charge in [0, 0.05) is 12.1 Å². The van der Waals surface area contributed by atoms with Crippen molar-refractivity contribution in [3.8, 4) is 0 Å². The summed E-state index contributed by atoms with van der Waals surface area (Å²) in [6, 6.07) is 3.26. The molecule has 0 saturated carbocycles. The molecule has 0 bridgehead atoms. The lowest BCUT2D eigenvalue weighted by Crippen LogP contribution is -2.34. The number of amides is 1. The van der Waals surface area contributed by atoms with E-state index in [4.69, 9.17) is 0 Å². The Labute approximate surface area is 125 Å². The number of rotatable bonds is 3. The van der Waals surface area contributed by atoms with Crippen LogP contribution in [0.3, 0.4) is 0 Å². The zero-order valence-electron chi connectivity index (χ0n) is 12.4. The first-order valence-corrected chi connectivity index (χ1v) is 6.62. The first kappa shape index (κ1) is 15.8. The van der Waals surface area contributed by atoms with Gasteiger partial charge in [-0.25, -0.2) is 13.5 Å². The summed E-state index contributed by atoms with van der Waals surface area (Å²) in [7, 11) is 0. The third kappa shape index (κ3) is 3.19. The van der Waals surface area contributed by atoms with E-state index >= 15 is 0 Å². The molecule has 0 radical (unpaired) electrons. The second-order valence-electron chi connectivity index (χ2n) is 4.98. The van der Waals surface area contributed by atoms with Crippen LogP contribution >= 0.6 is 0 Å². The Kier molecular flexibility index (Phi) is 4.35. The Balaban J connectivity index is 2.26. The van der Waals surface area contributed by atoms with Crippen molar-refractivity contribution in [3.05, 3.63) is 57.5 Å². The molecule has 5 nitrogen and oxygen atoms in total. The van der Waals surface area contributed by atoms with Gasteiger partial charge in [0.25, 0.3) is 5.56 Å². The number of hydrogen-bond donors (Lipinski definition) is 1. The number of aryl methyl sites for hydroxylation is 2. The molecule has 0 spiro atoms. The Morgan fingerprint density at radius 2 is 1.95 bits per heavy atom. The molecule has 1 unspecified atom stereocenters. The molecule has 0 aliphatic heterocycles. The van der Waals surface area contributed by atoms with Gasteiger partial charge in [0.05, 0.1) is 11.4 Å². The average molecular weight is 307 g/mol. The zero-order valence-corrected chi connectivity index (χ0v) is 12.4. The molecule has 1 amide bonds. The largest absolute Gasteiger partial charge is 0.322 e. The second kappa shape index (κ2) is 6.05. The quantitative estimate of drug-likeness (QED) is 0.946. The molecule has 0 fully saturated rings. The van der Waals surface area contributed by atoms with Crippen molar-refractivity contribution in [2.75, 3.05) is 5.32 Å². The fourth-order valence-corrected chi connectivity index (χ4v) is 1.86. The highest BCUT2D eigenvalue weighted by Gasteiger charge is 2.19. The molecule has 1 aromatic heterocycles. The van der Waals surface area contributed by atoms with E-state index in [1.54, 1.807) is 13.8 Å². The lowest BCUT2D eigenvalue weighted by molar-refractivity contribution is -0.119. The maximum absolute atomic E-state index is 13.5. The van der Waals surface area contributed by atoms with E-state index in [2.05, 4.69) is 10.4 Å². The standard InChI is InChI=1S/C15H15F2N3O2/c1-8-6-14(21)20(19-9(8)2)10(3)15(22)18-13-5-4-11(16)7-12(13)17/h4-7,10H,1-3H3,(H,18,22). The molecule has 0 aliphatic rings. The van der Waals surface area contributed by atoms with E-state index in [1.807, 2.05) is 0 Å². The highest BCUT2D eigenvalue weighted by atomic mass is 19.1. The fourth-order valence-electron chi connectivity index (χ4n) is 1.86. The van der Waals surface area contributed by atoms with E-state index in [0.29, 0.717) is 11.8 Å². The Morgan fingerprint density at radius 3 is 2.59 bits per heavy atom. The number of carbonyl (C=O) groups is 1. The molecule has 1 aromatic carbocycles. The fraction of sp³-hybridized carbons (Fsp3) is 0.267. The molecule has 1 heterocycles. The smallest absolute Gasteiger partial charge is 0.267 e. The van der Waals surface area contributed by atoms with Crippen molar-refractivity contribution >= 4 is 11.6 Å². The maximum atomic E-state index is 13.5. The second-order valence-corrected chi connectivity index (χ2v) is 4.98. The van der Waals surface area contributed by atoms with Crippen LogP contribution in [-0.4, -0.2) is 15.7 Å². The molecular weight excluding hydrogens is 292 g/mol. The predicted octanol–water partition coefficient (Wildman–Crippen LogP) is 2.34. The molecule has 0 aliphatic carbocycles. The molecule has 22 heavy (non-hydrogen) atoms. The number of benzene rings is 1. The Morgan fingerprint density at radius 1 is 1.27 bits per heavy atom. The summed E-state index contributed by atoms with van der Waals surface area (Å²) >= 11 is 0. The van der Waals surface area contributed by atoms with Gasteiger partial charge in [-0.15, -0.1) is 0 Å². The summed E-state index contributed by atoms with van der Waals surface area (Å²) in [6.07, 6.45) is 0. The van der Waals surface area contributed by atoms with Crippen LogP contribution in [0.2, 0.25) is 0 Å². The monoisotopic (exact) mass is 307 g/mol. The number of hydrogen-bond acceptors (Lipinski definition) is 3. The normalized spacial score (nSPS) is 12.0. The molecule has 0 saturated heterocycles. The summed E-state index contributed by atoms with van der Waals surface area (Å²) in [5.41, 5.74) is 0.756. The summed E-state index contributed by atoms with van der Waals surface area (Å²) < 4.78 is 27.4. The Bertz CT molecular complexity index is 787. The van der Waals surface area contributed by atoms with Gasteiger partial charge in [-0.05, 0) is 38.5 Å². The number of carbonyl (C=O) groups excluding carboxylic acids is 1. The summed E-state index contributed by atoms with van der Waals surface area (Å²) in [5, 5.41) is 6.38. The molecule has 7 heteroatoms. The molecular formula is C15H15F2N3O2. The number of nitrogens with zero attached hydrogens (tertiary/aromatic N) is 2. The van der Waals surface area contributed by atoms with E-state index in [0.717, 1.165) is 22.4 Å². The number of anilines is 1. The van der Waals surface area contributed by atoms with Gasteiger partial charge in [-0.2, -0.15) is 5.10 Å². The maximum Gasteiger partial charge on any atom is 0.267 e. The first-order chi connectivity index (χ1) is 10.3. The topological polar surface area (TPSA) is 64.0 Å². The van der Waals surface area contributed by atoms with Crippen LogP contribution in [0.5, 0.6) is 0 Å². The van der Waals surface area contributed by atoms with E-state index in [1.165, 1.54) is 13.0 Å². The van der Waals surface area contributed by atoms with Crippen molar-refractivity contribution in [3.63, 3.8) is 0 Å². The summed E-state index contributed by atoms with van der Waals surface area (Å²) in [4.78, 5) is 24.0. The van der Waals surface area contributed by atoms with Crippen LogP contribution in [0.1, 0.15) is 24.2 Å². The van der Waals surface area contributed by atoms with Gasteiger partial charge in [0.15, 0.2) is 0 Å². The minimum absolute atomic E-state index is 0.157. The highest BCUT2D eigenvalue weighted by Crippen LogP contribution is 2.16. The zero-order chi connectivity index (χ0) is 16.4. The Hall–Kier alpha value is -2.57. The number of aromatic nitrogens is 2. The molecule has 116 valence electrons. The minimum Gasteiger partial charge on any atom is -0.322 e. The van der Waals surface area contributed by atoms with E-state index in [9.17, 15) is 18.4 Å². The van der Waals surface area contributed by atoms with Crippen LogP contribution in [0, 0.1) is 25.5 Å². The van der Waals surface area contributed by atoms with Gasteiger partial charge in [-0.3, -0.25) is 9.59 Å². The highest BCUT2D eigenvalue weighted by molar-refractivity contribution is 5.93. The number of nitrogens with one attached hydrogen (secondary N) is 1. The third-order valence-corrected chi connectivity index (χ3v) is 3.33. The number of halogens is 2. The predicted molar refractivity (Wildman–Crippen MR) is 77.7 cm³/mol. The minimum atomic E-state index is -0.934. The van der Waals surface area contributed by atoms with Crippen LogP contribution in [0.15, 0.2) is 29.1 Å². The van der Waals surface area contributed by atoms with Crippen LogP contribution in [0.25, 0.3) is 0 Å². The van der Waals surface area contributed by atoms with Gasteiger partial charge >= 0.3 is 0 Å². The van der Waals surface area contributed by atoms with Crippen molar-refractivity contribution in [2.45, 2.75) is 26.8 Å². The van der Waals surface area contributed by atoms with Crippen LogP contribution in [-0.2, 0) is 4.79 Å². The lowest BCUT2D eigenvalue weighted by Gasteiger charge is -2.15. The first-order valence-electron chi connectivity index (χ1n) is 6.62. The SMILES string of the molecule is Cc1cc(=O)n(C(C)C(=O)Nc2ccc(F)cc2F)nc1C. The summed E-state index contributed by atoms with van der Waals surface area (Å²) in [6.45, 7) is 4.93. The van der Waals surface area contributed by atoms with Crippen molar-refractivity contribution in [1.29, 1.82) is 0 Å². The van der Waals surface area contributed by atoms with Gasteiger partial charge < -0.3 is 5.32 Å². The van der Waals surface area contributed by atoms with Crippen LogP contribution in [0.4, 0.5) is 14.5 Å². The lowest BCUT2D eigenvalue weighted by atomic mass is 10.2. The van der Waals surface area contributed by atoms with Crippen molar-refractivity contribution < 1.29 is 13.6 Å². The van der Waals surface area contributed by atoms with E-state index < -0.39 is 29.1 Å². The van der Waals surface area contributed by atoms with E-state index in [-0.39, 0.29) is 5.69 Å². The molecule has 1 N–H and O–H groups in total. The van der Waals surface area contributed by atoms with Crippen molar-refractivity contribution in [1.82, 2.24) is 9.78 Å². The van der Waals surface area contributed by atoms with Gasteiger partial charge in [0.2, 0.25) is 5.91 Å². The van der Waals surface area contributed by atoms with Gasteiger partial charge in [0.1, 0.15) is 17.7 Å². The van der Waals surface area contributed by atoms with Gasteiger partial charge in [-0.1, -0.05) is 0 Å². The van der Waals surface area contributed by atoms with Crippen LogP contribution < -0.4 is 10.9 Å². The third-order valence-electron chi connectivity index (χ3n) is 3.33. The average Bonchev–Trinajstić information content (AvgIpc) is 2.45.